The molecule has 1 atom stereocenters. The molecule has 0 N–H and O–H groups in total. The number of para-hydroxylation sites is 2. The van der Waals surface area contributed by atoms with Gasteiger partial charge in [0.2, 0.25) is 5.91 Å². The Morgan fingerprint density at radius 3 is 1.41 bits per heavy atom. The van der Waals surface area contributed by atoms with Crippen molar-refractivity contribution in [3.63, 3.8) is 0 Å². The molecule has 0 bridgehead atoms. The Morgan fingerprint density at radius 2 is 1.06 bits per heavy atom. The summed E-state index contributed by atoms with van der Waals surface area (Å²) in [7, 11) is 0. The van der Waals surface area contributed by atoms with Crippen molar-refractivity contribution in [2.45, 2.75) is 106 Å². The third-order valence-corrected chi connectivity index (χ3v) is 7.40. The fourth-order valence-electron chi connectivity index (χ4n) is 5.45. The maximum atomic E-state index is 14.1. The second-order valence-corrected chi connectivity index (χ2v) is 12.0. The van der Waals surface area contributed by atoms with E-state index in [1.807, 2.05) is 0 Å². The largest absolute Gasteiger partial charge is 0.349 e. The predicted octanol–water partition coefficient (Wildman–Crippen LogP) is 8.41. The van der Waals surface area contributed by atoms with Gasteiger partial charge in [0.05, 0.1) is 11.1 Å². The summed E-state index contributed by atoms with van der Waals surface area (Å²) in [6.07, 6.45) is -0.0738. The maximum Gasteiger partial charge on any atom is 0.236 e. The van der Waals surface area contributed by atoms with Gasteiger partial charge in [0.1, 0.15) is 6.17 Å². The summed E-state index contributed by atoms with van der Waals surface area (Å²) < 4.78 is 0. The number of rotatable bonds is 6. The summed E-state index contributed by atoms with van der Waals surface area (Å²) in [6.45, 7) is 25.2. The van der Waals surface area contributed by atoms with Gasteiger partial charge in [0.15, 0.2) is 0 Å². The van der Waals surface area contributed by atoms with Crippen molar-refractivity contribution >= 4 is 17.3 Å². The molecule has 2 aromatic rings. The second kappa shape index (κ2) is 9.76. The van der Waals surface area contributed by atoms with E-state index in [1.54, 1.807) is 0 Å². The van der Waals surface area contributed by atoms with Crippen LogP contribution in [0.15, 0.2) is 36.4 Å². The quantitative estimate of drug-likeness (QED) is 0.430. The number of benzene rings is 2. The molecule has 0 unspecified atom stereocenters. The number of nitrogens with zero attached hydrogens (tertiary/aromatic N) is 2. The van der Waals surface area contributed by atoms with E-state index in [0.717, 1.165) is 5.69 Å². The van der Waals surface area contributed by atoms with Gasteiger partial charge in [-0.2, -0.15) is 0 Å². The standard InChI is InChI=1S/C31H46N2O/c1-19(2)24-14-12-15-25(20(3)4)28(24)32-18-31(10,11)30(34)33(23(32)9)29-26(21(5)6)16-13-17-27(29)22(7)8/h12-17,19-23H,18H2,1-11H3/t23-/m1/s1. The van der Waals surface area contributed by atoms with E-state index in [4.69, 9.17) is 0 Å². The molecule has 34 heavy (non-hydrogen) atoms. The molecule has 1 aliphatic heterocycles. The highest BCUT2D eigenvalue weighted by atomic mass is 16.2. The fourth-order valence-corrected chi connectivity index (χ4v) is 5.45. The van der Waals surface area contributed by atoms with Crippen LogP contribution in [-0.2, 0) is 4.79 Å². The van der Waals surface area contributed by atoms with Crippen molar-refractivity contribution in [1.82, 2.24) is 0 Å². The highest BCUT2D eigenvalue weighted by Crippen LogP contribution is 2.45. The highest BCUT2D eigenvalue weighted by Gasteiger charge is 2.46. The SMILES string of the molecule is CC(C)c1cccc(C(C)C)c1N1CC(C)(C)C(=O)N(c2c(C(C)C)cccc2C(C)C)[C@@H]1C. The molecule has 186 valence electrons. The summed E-state index contributed by atoms with van der Waals surface area (Å²) in [4.78, 5) is 18.8. The van der Waals surface area contributed by atoms with Crippen LogP contribution in [0.4, 0.5) is 11.4 Å². The molecule has 1 saturated heterocycles. The van der Waals surface area contributed by atoms with Gasteiger partial charge in [-0.05, 0) is 66.7 Å². The lowest BCUT2D eigenvalue weighted by molar-refractivity contribution is -0.128. The number of carbonyl (C=O) groups is 1. The molecule has 0 aliphatic carbocycles. The molecule has 3 heteroatoms. The molecule has 3 nitrogen and oxygen atoms in total. The predicted molar refractivity (Wildman–Crippen MR) is 147 cm³/mol. The summed E-state index contributed by atoms with van der Waals surface area (Å²) in [5, 5.41) is 0. The molecule has 1 amide bonds. The van der Waals surface area contributed by atoms with Crippen LogP contribution >= 0.6 is 0 Å². The molecule has 0 radical (unpaired) electrons. The Labute approximate surface area is 208 Å². The van der Waals surface area contributed by atoms with Gasteiger partial charge in [0.25, 0.3) is 0 Å². The van der Waals surface area contributed by atoms with E-state index >= 15 is 0 Å². The Morgan fingerprint density at radius 1 is 0.706 bits per heavy atom. The second-order valence-electron chi connectivity index (χ2n) is 12.0. The summed E-state index contributed by atoms with van der Waals surface area (Å²) >= 11 is 0. The zero-order valence-electron chi connectivity index (χ0n) is 23.4. The van der Waals surface area contributed by atoms with Crippen molar-refractivity contribution in [3.05, 3.63) is 58.7 Å². The van der Waals surface area contributed by atoms with Crippen molar-refractivity contribution in [1.29, 1.82) is 0 Å². The monoisotopic (exact) mass is 462 g/mol. The molecule has 0 spiro atoms. The van der Waals surface area contributed by atoms with E-state index in [-0.39, 0.29) is 12.1 Å². The number of hydrogen-bond donors (Lipinski definition) is 0. The molecular formula is C31H46N2O. The van der Waals surface area contributed by atoms with Crippen LogP contribution in [0.5, 0.6) is 0 Å². The van der Waals surface area contributed by atoms with E-state index in [1.165, 1.54) is 27.9 Å². The normalized spacial score (nSPS) is 18.7. The van der Waals surface area contributed by atoms with Crippen molar-refractivity contribution in [3.8, 4) is 0 Å². The van der Waals surface area contributed by atoms with Crippen LogP contribution < -0.4 is 9.80 Å². The van der Waals surface area contributed by atoms with Gasteiger partial charge >= 0.3 is 0 Å². The molecule has 0 aromatic heterocycles. The van der Waals surface area contributed by atoms with Crippen LogP contribution in [0.2, 0.25) is 0 Å². The van der Waals surface area contributed by atoms with E-state index < -0.39 is 5.41 Å². The average Bonchev–Trinajstić information content (AvgIpc) is 2.75. The first-order chi connectivity index (χ1) is 15.8. The third kappa shape index (κ3) is 4.63. The number of amides is 1. The lowest BCUT2D eigenvalue weighted by atomic mass is 9.83. The van der Waals surface area contributed by atoms with Crippen molar-refractivity contribution in [2.24, 2.45) is 5.41 Å². The molecule has 2 aromatic carbocycles. The molecule has 1 fully saturated rings. The Hall–Kier alpha value is -2.29. The number of carbonyl (C=O) groups excluding carboxylic acids is 1. The van der Waals surface area contributed by atoms with E-state index in [0.29, 0.717) is 30.2 Å². The molecule has 3 rings (SSSR count). The zero-order valence-corrected chi connectivity index (χ0v) is 23.4. The molecule has 1 heterocycles. The topological polar surface area (TPSA) is 23.6 Å². The molecular weight excluding hydrogens is 416 g/mol. The van der Waals surface area contributed by atoms with Crippen LogP contribution in [0.1, 0.15) is 122 Å². The third-order valence-electron chi connectivity index (χ3n) is 7.40. The van der Waals surface area contributed by atoms with Gasteiger partial charge in [-0.1, -0.05) is 91.8 Å². The first-order valence-corrected chi connectivity index (χ1v) is 13.2. The first-order valence-electron chi connectivity index (χ1n) is 13.2. The van der Waals surface area contributed by atoms with Gasteiger partial charge in [-0.15, -0.1) is 0 Å². The van der Waals surface area contributed by atoms with Crippen LogP contribution in [0, 0.1) is 5.41 Å². The average molecular weight is 463 g/mol. The Balaban J connectivity index is 2.31. The van der Waals surface area contributed by atoms with Crippen LogP contribution in [-0.4, -0.2) is 18.6 Å². The van der Waals surface area contributed by atoms with Gasteiger partial charge < -0.3 is 4.90 Å². The zero-order chi connectivity index (χ0) is 25.5. The number of hydrogen-bond acceptors (Lipinski definition) is 2. The summed E-state index contributed by atoms with van der Waals surface area (Å²) in [5.74, 6) is 1.70. The number of anilines is 2. The van der Waals surface area contributed by atoms with Gasteiger partial charge in [0, 0.05) is 12.2 Å². The summed E-state index contributed by atoms with van der Waals surface area (Å²) in [6, 6.07) is 13.3. The van der Waals surface area contributed by atoms with Gasteiger partial charge in [-0.25, -0.2) is 0 Å². The maximum absolute atomic E-state index is 14.1. The van der Waals surface area contributed by atoms with Gasteiger partial charge in [-0.3, -0.25) is 9.69 Å². The van der Waals surface area contributed by atoms with Crippen molar-refractivity contribution in [2.75, 3.05) is 16.3 Å². The van der Waals surface area contributed by atoms with Crippen LogP contribution in [0.25, 0.3) is 0 Å². The Kier molecular flexibility index (Phi) is 7.55. The van der Waals surface area contributed by atoms with E-state index in [2.05, 4.69) is 122 Å². The molecule has 0 saturated carbocycles. The fraction of sp³-hybridized carbons (Fsp3) is 0.581. The van der Waals surface area contributed by atoms with E-state index in [9.17, 15) is 4.79 Å². The minimum Gasteiger partial charge on any atom is -0.349 e. The summed E-state index contributed by atoms with van der Waals surface area (Å²) in [5.41, 5.74) is 7.18. The smallest absolute Gasteiger partial charge is 0.236 e. The lowest BCUT2D eigenvalue weighted by Gasteiger charge is -2.52. The first kappa shape index (κ1) is 26.3. The van der Waals surface area contributed by atoms with Crippen LogP contribution in [0.3, 0.4) is 0 Å². The lowest BCUT2D eigenvalue weighted by Crippen LogP contribution is -2.63. The minimum absolute atomic E-state index is 0.0738. The minimum atomic E-state index is -0.497. The van der Waals surface area contributed by atoms with Crippen molar-refractivity contribution < 1.29 is 4.79 Å². The molecule has 1 aliphatic rings. The Bertz CT molecular complexity index is 979. The highest BCUT2D eigenvalue weighted by molar-refractivity contribution is 6.01.